The monoisotopic (exact) mass is 291 g/mol. The van der Waals surface area contributed by atoms with Gasteiger partial charge in [-0.3, -0.25) is 10.1 Å². The minimum Gasteiger partial charge on any atom is -0.490 e. The summed E-state index contributed by atoms with van der Waals surface area (Å²) in [6.07, 6.45) is 1.80. The van der Waals surface area contributed by atoms with Crippen molar-refractivity contribution in [2.45, 2.75) is 19.8 Å². The van der Waals surface area contributed by atoms with Gasteiger partial charge in [0.2, 0.25) is 5.82 Å². The zero-order chi connectivity index (χ0) is 14.4. The Morgan fingerprint density at radius 1 is 1.42 bits per heavy atom. The molecule has 0 N–H and O–H groups in total. The summed E-state index contributed by atoms with van der Waals surface area (Å²) in [4.78, 5) is 9.45. The predicted molar refractivity (Wildman–Crippen MR) is 70.8 cm³/mol. The van der Waals surface area contributed by atoms with E-state index in [-0.39, 0.29) is 18.3 Å². The summed E-state index contributed by atoms with van der Waals surface area (Å²) in [5.41, 5.74) is -0.899. The van der Waals surface area contributed by atoms with E-state index in [9.17, 15) is 18.9 Å². The first-order chi connectivity index (χ1) is 8.99. The van der Waals surface area contributed by atoms with E-state index >= 15 is 0 Å². The van der Waals surface area contributed by atoms with E-state index < -0.39 is 22.2 Å². The van der Waals surface area contributed by atoms with E-state index in [0.29, 0.717) is 17.9 Å². The van der Waals surface area contributed by atoms with Gasteiger partial charge in [0.05, 0.1) is 17.6 Å². The summed E-state index contributed by atoms with van der Waals surface area (Å²) in [6, 6.07) is 1.23. The molecule has 0 heterocycles. The molecule has 1 aromatic carbocycles. The topological polar surface area (TPSA) is 52.4 Å². The van der Waals surface area contributed by atoms with Crippen LogP contribution in [0.5, 0.6) is 5.75 Å². The average Bonchev–Trinajstić information content (AvgIpc) is 2.37. The van der Waals surface area contributed by atoms with Crippen molar-refractivity contribution in [3.63, 3.8) is 0 Å². The highest BCUT2D eigenvalue weighted by atomic mass is 32.1. The number of nitro groups is 1. The van der Waals surface area contributed by atoms with E-state index in [1.807, 2.05) is 6.92 Å². The highest BCUT2D eigenvalue weighted by Crippen LogP contribution is 2.27. The number of thiol groups is 1. The molecule has 1 aromatic rings. The molecule has 0 radical (unpaired) electrons. The fraction of sp³-hybridized carbons (Fsp3) is 0.500. The minimum absolute atomic E-state index is 0.131. The first kappa shape index (κ1) is 15.7. The van der Waals surface area contributed by atoms with Gasteiger partial charge < -0.3 is 4.74 Å². The maximum atomic E-state index is 13.5. The first-order valence-corrected chi connectivity index (χ1v) is 6.49. The number of nitro benzene ring substituents is 1. The maximum absolute atomic E-state index is 13.5. The second-order valence-corrected chi connectivity index (χ2v) is 4.50. The highest BCUT2D eigenvalue weighted by molar-refractivity contribution is 7.80. The summed E-state index contributed by atoms with van der Waals surface area (Å²) >= 11 is 4.15. The summed E-state index contributed by atoms with van der Waals surface area (Å²) in [7, 11) is 0. The van der Waals surface area contributed by atoms with Gasteiger partial charge in [0.25, 0.3) is 0 Å². The van der Waals surface area contributed by atoms with Gasteiger partial charge in [0.15, 0.2) is 11.6 Å². The standard InChI is InChI=1S/C12H15F2NO3S/c1-2-3-8(7-19)6-18-12-5-9(13)11(15(16)17)4-10(12)14/h4-5,8,19H,2-3,6-7H2,1H3. The Bertz CT molecular complexity index is 457. The molecule has 0 aliphatic carbocycles. The van der Waals surface area contributed by atoms with Crippen LogP contribution in [0.15, 0.2) is 12.1 Å². The van der Waals surface area contributed by atoms with E-state index in [1.54, 1.807) is 0 Å². The Labute approximate surface area is 115 Å². The van der Waals surface area contributed by atoms with Crippen LogP contribution in [0.2, 0.25) is 0 Å². The van der Waals surface area contributed by atoms with Crippen molar-refractivity contribution in [3.8, 4) is 5.75 Å². The molecule has 0 amide bonds. The molecule has 1 rings (SSSR count). The second kappa shape index (κ2) is 7.28. The molecule has 7 heteroatoms. The van der Waals surface area contributed by atoms with E-state index in [4.69, 9.17) is 4.74 Å². The van der Waals surface area contributed by atoms with Crippen molar-refractivity contribution in [1.82, 2.24) is 0 Å². The molecule has 0 aliphatic rings. The van der Waals surface area contributed by atoms with Gasteiger partial charge in [-0.05, 0) is 12.2 Å². The second-order valence-electron chi connectivity index (χ2n) is 4.14. The van der Waals surface area contributed by atoms with Crippen LogP contribution in [-0.4, -0.2) is 17.3 Å². The normalized spacial score (nSPS) is 12.2. The van der Waals surface area contributed by atoms with Crippen molar-refractivity contribution in [3.05, 3.63) is 33.9 Å². The highest BCUT2D eigenvalue weighted by Gasteiger charge is 2.19. The lowest BCUT2D eigenvalue weighted by Crippen LogP contribution is -2.14. The van der Waals surface area contributed by atoms with Crippen LogP contribution in [0.25, 0.3) is 0 Å². The van der Waals surface area contributed by atoms with E-state index in [0.717, 1.165) is 12.8 Å². The Morgan fingerprint density at radius 2 is 2.11 bits per heavy atom. The molecule has 106 valence electrons. The van der Waals surface area contributed by atoms with Crippen molar-refractivity contribution >= 4 is 18.3 Å². The zero-order valence-electron chi connectivity index (χ0n) is 10.4. The summed E-state index contributed by atoms with van der Waals surface area (Å²) in [6.45, 7) is 2.20. The number of ether oxygens (including phenoxy) is 1. The number of halogens is 2. The first-order valence-electron chi connectivity index (χ1n) is 5.86. The quantitative estimate of drug-likeness (QED) is 0.474. The Balaban J connectivity index is 2.79. The number of hydrogen-bond donors (Lipinski definition) is 1. The lowest BCUT2D eigenvalue weighted by atomic mass is 10.1. The van der Waals surface area contributed by atoms with Gasteiger partial charge in [0, 0.05) is 12.0 Å². The third-order valence-corrected chi connectivity index (χ3v) is 3.14. The number of benzene rings is 1. The van der Waals surface area contributed by atoms with Crippen molar-refractivity contribution in [2.24, 2.45) is 5.92 Å². The maximum Gasteiger partial charge on any atom is 0.307 e. The van der Waals surface area contributed by atoms with Crippen LogP contribution in [0.4, 0.5) is 14.5 Å². The summed E-state index contributed by atoms with van der Waals surface area (Å²) in [5.74, 6) is -1.66. The fourth-order valence-corrected chi connectivity index (χ4v) is 1.90. The Morgan fingerprint density at radius 3 is 2.63 bits per heavy atom. The molecule has 1 atom stereocenters. The largest absolute Gasteiger partial charge is 0.490 e. The Kier molecular flexibility index (Phi) is 6.01. The average molecular weight is 291 g/mol. The molecule has 0 spiro atoms. The van der Waals surface area contributed by atoms with Crippen LogP contribution >= 0.6 is 12.6 Å². The molecule has 19 heavy (non-hydrogen) atoms. The van der Waals surface area contributed by atoms with E-state index in [2.05, 4.69) is 12.6 Å². The van der Waals surface area contributed by atoms with Gasteiger partial charge in [-0.2, -0.15) is 17.0 Å². The number of hydrogen-bond acceptors (Lipinski definition) is 4. The van der Waals surface area contributed by atoms with Crippen molar-refractivity contribution in [2.75, 3.05) is 12.4 Å². The van der Waals surface area contributed by atoms with Gasteiger partial charge in [-0.15, -0.1) is 0 Å². The number of nitrogens with zero attached hydrogens (tertiary/aromatic N) is 1. The fourth-order valence-electron chi connectivity index (χ4n) is 1.61. The lowest BCUT2D eigenvalue weighted by molar-refractivity contribution is -0.387. The van der Waals surface area contributed by atoms with Crippen molar-refractivity contribution in [1.29, 1.82) is 0 Å². The van der Waals surface area contributed by atoms with Gasteiger partial charge >= 0.3 is 5.69 Å². The van der Waals surface area contributed by atoms with Gasteiger partial charge in [-0.1, -0.05) is 13.3 Å². The van der Waals surface area contributed by atoms with Gasteiger partial charge in [-0.25, -0.2) is 4.39 Å². The lowest BCUT2D eigenvalue weighted by Gasteiger charge is -2.15. The molecule has 0 aliphatic heterocycles. The SMILES string of the molecule is CCCC(CS)COc1cc(F)c([N+](=O)[O-])cc1F. The van der Waals surface area contributed by atoms with Crippen LogP contribution in [0.1, 0.15) is 19.8 Å². The zero-order valence-corrected chi connectivity index (χ0v) is 11.3. The molecule has 0 fully saturated rings. The predicted octanol–water partition coefficient (Wildman–Crippen LogP) is 3.60. The number of rotatable bonds is 7. The third-order valence-electron chi connectivity index (χ3n) is 2.63. The van der Waals surface area contributed by atoms with Crippen molar-refractivity contribution < 1.29 is 18.4 Å². The Hall–Kier alpha value is -1.37. The molecule has 4 nitrogen and oxygen atoms in total. The van der Waals surface area contributed by atoms with Crippen LogP contribution in [0, 0.1) is 27.7 Å². The molecule has 0 bridgehead atoms. The van der Waals surface area contributed by atoms with E-state index in [1.165, 1.54) is 0 Å². The summed E-state index contributed by atoms with van der Waals surface area (Å²) in [5, 5.41) is 10.4. The van der Waals surface area contributed by atoms with Crippen LogP contribution in [-0.2, 0) is 0 Å². The van der Waals surface area contributed by atoms with Crippen LogP contribution < -0.4 is 4.74 Å². The van der Waals surface area contributed by atoms with Crippen LogP contribution in [0.3, 0.4) is 0 Å². The third kappa shape index (κ3) is 4.34. The molecule has 0 saturated carbocycles. The van der Waals surface area contributed by atoms with Gasteiger partial charge in [0.1, 0.15) is 0 Å². The smallest absolute Gasteiger partial charge is 0.307 e. The minimum atomic E-state index is -1.11. The molecular weight excluding hydrogens is 276 g/mol. The molecule has 1 unspecified atom stereocenters. The summed E-state index contributed by atoms with van der Waals surface area (Å²) < 4.78 is 32.0. The molecule has 0 saturated heterocycles. The molecule has 0 aromatic heterocycles. The molecular formula is C12H15F2NO3S.